The number of carboxylic acids is 1. The number of amides is 1. The van der Waals surface area contributed by atoms with Gasteiger partial charge in [-0.2, -0.15) is 0 Å². The zero-order valence-corrected chi connectivity index (χ0v) is 10.8. The Bertz CT molecular complexity index is 476. The van der Waals surface area contributed by atoms with Crippen molar-refractivity contribution >= 4 is 11.9 Å². The van der Waals surface area contributed by atoms with Crippen molar-refractivity contribution in [3.05, 3.63) is 35.1 Å². The van der Waals surface area contributed by atoms with Gasteiger partial charge in [0.05, 0.1) is 5.56 Å². The smallest absolute Gasteiger partial charge is 0.326 e. The Morgan fingerprint density at radius 3 is 2.68 bits per heavy atom. The van der Waals surface area contributed by atoms with Crippen molar-refractivity contribution in [1.29, 1.82) is 0 Å². The minimum atomic E-state index is -1.18. The van der Waals surface area contributed by atoms with Crippen LogP contribution >= 0.6 is 0 Å². The summed E-state index contributed by atoms with van der Waals surface area (Å²) in [7, 11) is 1.43. The van der Waals surface area contributed by atoms with Crippen LogP contribution in [-0.4, -0.2) is 36.7 Å². The molecule has 2 N–H and O–H groups in total. The van der Waals surface area contributed by atoms with Crippen molar-refractivity contribution in [3.8, 4) is 0 Å². The molecule has 0 saturated heterocycles. The van der Waals surface area contributed by atoms with Crippen molar-refractivity contribution < 1.29 is 23.8 Å². The lowest BCUT2D eigenvalue weighted by Crippen LogP contribution is -2.41. The number of rotatable bonds is 6. The molecule has 1 aromatic carbocycles. The maximum atomic E-state index is 13.6. The molecule has 0 saturated carbocycles. The van der Waals surface area contributed by atoms with Gasteiger partial charge in [0.25, 0.3) is 5.91 Å². The number of hydrogen-bond acceptors (Lipinski definition) is 3. The summed E-state index contributed by atoms with van der Waals surface area (Å²) in [4.78, 5) is 22.7. The van der Waals surface area contributed by atoms with E-state index in [9.17, 15) is 14.0 Å². The SMILES string of the molecule is COCCC(NC(=O)c1ccc(C)cc1F)C(=O)O. The summed E-state index contributed by atoms with van der Waals surface area (Å²) in [6, 6.07) is 3.03. The first-order valence-electron chi connectivity index (χ1n) is 5.74. The van der Waals surface area contributed by atoms with Gasteiger partial charge >= 0.3 is 5.97 Å². The lowest BCUT2D eigenvalue weighted by Gasteiger charge is -2.14. The third-order valence-corrected chi connectivity index (χ3v) is 2.58. The topological polar surface area (TPSA) is 75.6 Å². The molecule has 0 bridgehead atoms. The second kappa shape index (κ2) is 6.84. The summed E-state index contributed by atoms with van der Waals surface area (Å²) >= 11 is 0. The maximum Gasteiger partial charge on any atom is 0.326 e. The lowest BCUT2D eigenvalue weighted by molar-refractivity contribution is -0.139. The van der Waals surface area contributed by atoms with E-state index < -0.39 is 23.7 Å². The summed E-state index contributed by atoms with van der Waals surface area (Å²) in [5.41, 5.74) is 0.512. The van der Waals surface area contributed by atoms with Crippen LogP contribution in [-0.2, 0) is 9.53 Å². The van der Waals surface area contributed by atoms with Crippen LogP contribution < -0.4 is 5.32 Å². The number of nitrogens with one attached hydrogen (secondary N) is 1. The van der Waals surface area contributed by atoms with Crippen molar-refractivity contribution in [2.75, 3.05) is 13.7 Å². The fraction of sp³-hybridized carbons (Fsp3) is 0.385. The Morgan fingerprint density at radius 1 is 1.47 bits per heavy atom. The Kier molecular flexibility index (Phi) is 5.44. The molecule has 1 unspecified atom stereocenters. The van der Waals surface area contributed by atoms with Gasteiger partial charge in [0, 0.05) is 20.1 Å². The molecule has 1 atom stereocenters. The lowest BCUT2D eigenvalue weighted by atomic mass is 10.1. The van der Waals surface area contributed by atoms with Gasteiger partial charge < -0.3 is 15.2 Å². The molecule has 5 nitrogen and oxygen atoms in total. The van der Waals surface area contributed by atoms with E-state index in [4.69, 9.17) is 9.84 Å². The number of aliphatic carboxylic acids is 1. The molecule has 19 heavy (non-hydrogen) atoms. The standard InChI is InChI=1S/C13H16FNO4/c1-8-3-4-9(10(14)7-8)12(16)15-11(13(17)18)5-6-19-2/h3-4,7,11H,5-6H2,1-2H3,(H,15,16)(H,17,18). The predicted octanol–water partition coefficient (Wildman–Crippen LogP) is 1.35. The van der Waals surface area contributed by atoms with Crippen LogP contribution in [0.15, 0.2) is 18.2 Å². The average Bonchev–Trinajstić information content (AvgIpc) is 2.33. The summed E-state index contributed by atoms with van der Waals surface area (Å²) in [5, 5.41) is 11.2. The van der Waals surface area contributed by atoms with Crippen molar-refractivity contribution in [1.82, 2.24) is 5.32 Å². The summed E-state index contributed by atoms with van der Waals surface area (Å²) < 4.78 is 18.3. The second-order valence-electron chi connectivity index (χ2n) is 4.13. The first kappa shape index (κ1) is 15.1. The highest BCUT2D eigenvalue weighted by Gasteiger charge is 2.21. The monoisotopic (exact) mass is 269 g/mol. The van der Waals surface area contributed by atoms with E-state index in [1.54, 1.807) is 13.0 Å². The fourth-order valence-corrected chi connectivity index (χ4v) is 1.53. The first-order valence-corrected chi connectivity index (χ1v) is 5.74. The van der Waals surface area contributed by atoms with E-state index in [2.05, 4.69) is 5.32 Å². The van der Waals surface area contributed by atoms with E-state index in [1.165, 1.54) is 19.2 Å². The molecule has 1 amide bonds. The molecule has 1 rings (SSSR count). The van der Waals surface area contributed by atoms with Gasteiger partial charge in [0.2, 0.25) is 0 Å². The minimum Gasteiger partial charge on any atom is -0.480 e. The van der Waals surface area contributed by atoms with Crippen LogP contribution in [0.4, 0.5) is 4.39 Å². The number of hydrogen-bond donors (Lipinski definition) is 2. The van der Waals surface area contributed by atoms with Crippen LogP contribution in [0, 0.1) is 12.7 Å². The molecule has 0 aliphatic carbocycles. The van der Waals surface area contributed by atoms with Crippen molar-refractivity contribution in [2.45, 2.75) is 19.4 Å². The van der Waals surface area contributed by atoms with Gasteiger partial charge in [0.15, 0.2) is 0 Å². The van der Waals surface area contributed by atoms with Crippen LogP contribution in [0.2, 0.25) is 0 Å². The molecule has 0 spiro atoms. The predicted molar refractivity (Wildman–Crippen MR) is 66.5 cm³/mol. The number of carbonyl (C=O) groups excluding carboxylic acids is 1. The Morgan fingerprint density at radius 2 is 2.16 bits per heavy atom. The van der Waals surface area contributed by atoms with E-state index in [1.807, 2.05) is 0 Å². The largest absolute Gasteiger partial charge is 0.480 e. The van der Waals surface area contributed by atoms with E-state index in [-0.39, 0.29) is 18.6 Å². The molecular formula is C13H16FNO4. The number of carboxylic acid groups (broad SMARTS) is 1. The van der Waals surface area contributed by atoms with Crippen LogP contribution in [0.1, 0.15) is 22.3 Å². The minimum absolute atomic E-state index is 0.116. The Labute approximate surface area is 110 Å². The number of methoxy groups -OCH3 is 1. The van der Waals surface area contributed by atoms with E-state index in [0.717, 1.165) is 0 Å². The highest BCUT2D eigenvalue weighted by molar-refractivity contribution is 5.96. The quantitative estimate of drug-likeness (QED) is 0.817. The van der Waals surface area contributed by atoms with Crippen LogP contribution in [0.5, 0.6) is 0 Å². The number of aryl methyl sites for hydroxylation is 1. The van der Waals surface area contributed by atoms with E-state index in [0.29, 0.717) is 5.56 Å². The van der Waals surface area contributed by atoms with Gasteiger partial charge in [0.1, 0.15) is 11.9 Å². The van der Waals surface area contributed by atoms with Gasteiger partial charge in [-0.1, -0.05) is 6.07 Å². The third kappa shape index (κ3) is 4.33. The first-order chi connectivity index (χ1) is 8.95. The van der Waals surface area contributed by atoms with Crippen molar-refractivity contribution in [3.63, 3.8) is 0 Å². The highest BCUT2D eigenvalue weighted by atomic mass is 19.1. The molecule has 104 valence electrons. The highest BCUT2D eigenvalue weighted by Crippen LogP contribution is 2.10. The molecule has 0 aromatic heterocycles. The molecule has 1 aromatic rings. The molecule has 0 heterocycles. The summed E-state index contributed by atoms with van der Waals surface area (Å²) in [6.07, 6.45) is 0.116. The molecule has 0 aliphatic rings. The Balaban J connectivity index is 2.78. The number of ether oxygens (including phenoxy) is 1. The van der Waals surface area contributed by atoms with Crippen LogP contribution in [0.3, 0.4) is 0 Å². The van der Waals surface area contributed by atoms with Gasteiger partial charge in [-0.15, -0.1) is 0 Å². The molecule has 0 aliphatic heterocycles. The number of benzene rings is 1. The van der Waals surface area contributed by atoms with E-state index >= 15 is 0 Å². The summed E-state index contributed by atoms with van der Waals surface area (Å²) in [6.45, 7) is 1.89. The molecular weight excluding hydrogens is 253 g/mol. The zero-order chi connectivity index (χ0) is 14.4. The average molecular weight is 269 g/mol. The number of halogens is 1. The fourth-order valence-electron chi connectivity index (χ4n) is 1.53. The molecule has 0 radical (unpaired) electrons. The maximum absolute atomic E-state index is 13.6. The Hall–Kier alpha value is -1.95. The van der Waals surface area contributed by atoms with Crippen LogP contribution in [0.25, 0.3) is 0 Å². The van der Waals surface area contributed by atoms with Gasteiger partial charge in [-0.05, 0) is 24.6 Å². The van der Waals surface area contributed by atoms with Gasteiger partial charge in [-0.3, -0.25) is 4.79 Å². The second-order valence-corrected chi connectivity index (χ2v) is 4.13. The number of carbonyl (C=O) groups is 2. The van der Waals surface area contributed by atoms with Gasteiger partial charge in [-0.25, -0.2) is 9.18 Å². The summed E-state index contributed by atoms with van der Waals surface area (Å²) in [5.74, 6) is -2.60. The normalized spacial score (nSPS) is 11.9. The van der Waals surface area contributed by atoms with Crippen molar-refractivity contribution in [2.24, 2.45) is 0 Å². The zero-order valence-electron chi connectivity index (χ0n) is 10.8. The molecule has 0 fully saturated rings. The molecule has 6 heteroatoms. The third-order valence-electron chi connectivity index (χ3n) is 2.58.